The highest BCUT2D eigenvalue weighted by Gasteiger charge is 2.13. The van der Waals surface area contributed by atoms with E-state index in [0.717, 1.165) is 15.6 Å². The standard InChI is InChI=1S/C10H12BrClN2/c1-6(2)10(14-13)8-4-3-7(12)5-9(8)11/h3-5,10,14H,1,13H2,2H3. The lowest BCUT2D eigenvalue weighted by molar-refractivity contribution is 0.625. The maximum Gasteiger partial charge on any atom is 0.0675 e. The van der Waals surface area contributed by atoms with Gasteiger partial charge in [-0.05, 0) is 24.6 Å². The third-order valence-electron chi connectivity index (χ3n) is 1.93. The highest BCUT2D eigenvalue weighted by Crippen LogP contribution is 2.29. The van der Waals surface area contributed by atoms with Crippen molar-refractivity contribution in [3.05, 3.63) is 45.4 Å². The van der Waals surface area contributed by atoms with E-state index in [2.05, 4.69) is 27.9 Å². The number of hydrogen-bond donors (Lipinski definition) is 2. The first-order chi connectivity index (χ1) is 6.56. The molecule has 0 aliphatic rings. The zero-order chi connectivity index (χ0) is 10.7. The summed E-state index contributed by atoms with van der Waals surface area (Å²) in [4.78, 5) is 0. The minimum atomic E-state index is -0.0540. The number of benzene rings is 1. The molecule has 1 aromatic rings. The number of rotatable bonds is 3. The van der Waals surface area contributed by atoms with Crippen molar-refractivity contribution in [1.29, 1.82) is 0 Å². The monoisotopic (exact) mass is 274 g/mol. The molecule has 0 aliphatic carbocycles. The van der Waals surface area contributed by atoms with Crippen molar-refractivity contribution in [2.45, 2.75) is 13.0 Å². The maximum atomic E-state index is 5.84. The van der Waals surface area contributed by atoms with Crippen LogP contribution in [0.4, 0.5) is 0 Å². The Balaban J connectivity index is 3.10. The van der Waals surface area contributed by atoms with Crippen LogP contribution in [0, 0.1) is 0 Å². The lowest BCUT2D eigenvalue weighted by atomic mass is 10.0. The molecule has 3 N–H and O–H groups in total. The van der Waals surface area contributed by atoms with Gasteiger partial charge in [-0.3, -0.25) is 5.84 Å². The van der Waals surface area contributed by atoms with Gasteiger partial charge in [0.25, 0.3) is 0 Å². The molecule has 0 heterocycles. The summed E-state index contributed by atoms with van der Waals surface area (Å²) in [5, 5.41) is 0.693. The van der Waals surface area contributed by atoms with Crippen LogP contribution in [0.1, 0.15) is 18.5 Å². The molecule has 0 radical (unpaired) electrons. The van der Waals surface area contributed by atoms with Crippen molar-refractivity contribution in [2.75, 3.05) is 0 Å². The van der Waals surface area contributed by atoms with E-state index in [-0.39, 0.29) is 6.04 Å². The molecule has 0 aliphatic heterocycles. The van der Waals surface area contributed by atoms with E-state index in [0.29, 0.717) is 5.02 Å². The summed E-state index contributed by atoms with van der Waals surface area (Å²) in [5.41, 5.74) is 4.69. The molecule has 2 nitrogen and oxygen atoms in total. The number of nitrogens with two attached hydrogens (primary N) is 1. The zero-order valence-electron chi connectivity index (χ0n) is 7.85. The first-order valence-electron chi connectivity index (χ1n) is 4.12. The molecule has 0 saturated carbocycles. The van der Waals surface area contributed by atoms with E-state index < -0.39 is 0 Å². The Hall–Kier alpha value is -0.350. The second kappa shape index (κ2) is 4.94. The molecule has 0 aromatic heterocycles. The molecule has 76 valence electrons. The van der Waals surface area contributed by atoms with Gasteiger partial charge in [0.2, 0.25) is 0 Å². The lowest BCUT2D eigenvalue weighted by Gasteiger charge is -2.17. The molecule has 14 heavy (non-hydrogen) atoms. The second-order valence-electron chi connectivity index (χ2n) is 3.11. The molecule has 4 heteroatoms. The van der Waals surface area contributed by atoms with E-state index in [1.54, 1.807) is 0 Å². The highest BCUT2D eigenvalue weighted by atomic mass is 79.9. The van der Waals surface area contributed by atoms with E-state index in [9.17, 15) is 0 Å². The lowest BCUT2D eigenvalue weighted by Crippen LogP contribution is -2.28. The first kappa shape index (κ1) is 11.7. The predicted octanol–water partition coefficient (Wildman–Crippen LogP) is 3.18. The highest BCUT2D eigenvalue weighted by molar-refractivity contribution is 9.10. The van der Waals surface area contributed by atoms with Crippen LogP contribution in [0.2, 0.25) is 5.02 Å². The maximum absolute atomic E-state index is 5.84. The Kier molecular flexibility index (Phi) is 4.13. The van der Waals surface area contributed by atoms with Crippen LogP contribution in [0.3, 0.4) is 0 Å². The molecule has 1 rings (SSSR count). The number of hydrazine groups is 1. The van der Waals surface area contributed by atoms with Crippen LogP contribution in [-0.2, 0) is 0 Å². The molecule has 0 amide bonds. The molecular formula is C10H12BrClN2. The first-order valence-corrected chi connectivity index (χ1v) is 5.30. The van der Waals surface area contributed by atoms with E-state index in [1.807, 2.05) is 25.1 Å². The van der Waals surface area contributed by atoms with Gasteiger partial charge in [0.1, 0.15) is 0 Å². The fourth-order valence-corrected chi connectivity index (χ4v) is 2.14. The summed E-state index contributed by atoms with van der Waals surface area (Å²) in [5.74, 6) is 5.45. The van der Waals surface area contributed by atoms with Gasteiger partial charge in [-0.25, -0.2) is 5.43 Å². The summed E-state index contributed by atoms with van der Waals surface area (Å²) in [6.45, 7) is 5.79. The average molecular weight is 276 g/mol. The van der Waals surface area contributed by atoms with E-state index in [1.165, 1.54) is 0 Å². The van der Waals surface area contributed by atoms with Gasteiger partial charge in [-0.1, -0.05) is 45.7 Å². The quantitative estimate of drug-likeness (QED) is 0.505. The normalized spacial score (nSPS) is 12.6. The minimum Gasteiger partial charge on any atom is -0.271 e. The Morgan fingerprint density at radius 2 is 2.29 bits per heavy atom. The molecular weight excluding hydrogens is 263 g/mol. The fourth-order valence-electron chi connectivity index (χ4n) is 1.23. The second-order valence-corrected chi connectivity index (χ2v) is 4.40. The third kappa shape index (κ3) is 2.58. The van der Waals surface area contributed by atoms with Gasteiger partial charge in [0.15, 0.2) is 0 Å². The SMILES string of the molecule is C=C(C)C(NN)c1ccc(Cl)cc1Br. The zero-order valence-corrected chi connectivity index (χ0v) is 10.2. The van der Waals surface area contributed by atoms with Crippen LogP contribution in [0.25, 0.3) is 0 Å². The van der Waals surface area contributed by atoms with Crippen LogP contribution >= 0.6 is 27.5 Å². The molecule has 0 bridgehead atoms. The van der Waals surface area contributed by atoms with Gasteiger partial charge in [0, 0.05) is 9.50 Å². The topological polar surface area (TPSA) is 38.0 Å². The van der Waals surface area contributed by atoms with Crippen molar-refractivity contribution in [1.82, 2.24) is 5.43 Å². The summed E-state index contributed by atoms with van der Waals surface area (Å²) in [6.07, 6.45) is 0. The predicted molar refractivity (Wildman–Crippen MR) is 64.0 cm³/mol. The average Bonchev–Trinajstić information content (AvgIpc) is 2.09. The van der Waals surface area contributed by atoms with Crippen molar-refractivity contribution in [2.24, 2.45) is 5.84 Å². The Morgan fingerprint density at radius 1 is 1.64 bits per heavy atom. The van der Waals surface area contributed by atoms with Crippen LogP contribution in [-0.4, -0.2) is 0 Å². The largest absolute Gasteiger partial charge is 0.271 e. The molecule has 1 aromatic carbocycles. The van der Waals surface area contributed by atoms with Crippen molar-refractivity contribution in [3.63, 3.8) is 0 Å². The summed E-state index contributed by atoms with van der Waals surface area (Å²) < 4.78 is 0.927. The number of hydrogen-bond acceptors (Lipinski definition) is 2. The van der Waals surface area contributed by atoms with Crippen LogP contribution in [0.15, 0.2) is 34.8 Å². The summed E-state index contributed by atoms with van der Waals surface area (Å²) >= 11 is 9.28. The van der Waals surface area contributed by atoms with Gasteiger partial charge < -0.3 is 0 Å². The Morgan fingerprint density at radius 3 is 2.71 bits per heavy atom. The van der Waals surface area contributed by atoms with Gasteiger partial charge in [0.05, 0.1) is 6.04 Å². The number of nitrogens with one attached hydrogen (secondary N) is 1. The van der Waals surface area contributed by atoms with Gasteiger partial charge >= 0.3 is 0 Å². The van der Waals surface area contributed by atoms with Gasteiger partial charge in [-0.15, -0.1) is 0 Å². The Labute approximate surface area is 97.2 Å². The van der Waals surface area contributed by atoms with Crippen LogP contribution in [0.5, 0.6) is 0 Å². The van der Waals surface area contributed by atoms with Crippen molar-refractivity contribution in [3.8, 4) is 0 Å². The summed E-state index contributed by atoms with van der Waals surface area (Å²) in [6, 6.07) is 5.53. The third-order valence-corrected chi connectivity index (χ3v) is 2.85. The van der Waals surface area contributed by atoms with Crippen molar-refractivity contribution >= 4 is 27.5 Å². The molecule has 1 unspecified atom stereocenters. The van der Waals surface area contributed by atoms with E-state index >= 15 is 0 Å². The molecule has 0 fully saturated rings. The van der Waals surface area contributed by atoms with E-state index in [4.69, 9.17) is 17.4 Å². The van der Waals surface area contributed by atoms with Crippen LogP contribution < -0.4 is 11.3 Å². The van der Waals surface area contributed by atoms with Gasteiger partial charge in [-0.2, -0.15) is 0 Å². The molecule has 1 atom stereocenters. The minimum absolute atomic E-state index is 0.0540. The summed E-state index contributed by atoms with van der Waals surface area (Å²) in [7, 11) is 0. The van der Waals surface area contributed by atoms with Crippen molar-refractivity contribution < 1.29 is 0 Å². The molecule has 0 spiro atoms. The number of halogens is 2. The Bertz CT molecular complexity index is 352. The smallest absolute Gasteiger partial charge is 0.0675 e. The molecule has 0 saturated heterocycles. The fraction of sp³-hybridized carbons (Fsp3) is 0.200.